The van der Waals surface area contributed by atoms with Crippen molar-refractivity contribution in [2.45, 2.75) is 37.4 Å². The van der Waals surface area contributed by atoms with Crippen LogP contribution in [0.1, 0.15) is 17.5 Å². The van der Waals surface area contributed by atoms with Gasteiger partial charge in [0, 0.05) is 30.1 Å². The van der Waals surface area contributed by atoms with E-state index in [1.807, 2.05) is 0 Å². The molecule has 29 heavy (non-hydrogen) atoms. The SMILES string of the molecule is Cc1cc(F)cc(-c2cccc(CC3C(NSC(F)(F)F)CCN3C=O)c2F)c1. The van der Waals surface area contributed by atoms with Gasteiger partial charge in [-0.3, -0.25) is 9.52 Å². The van der Waals surface area contributed by atoms with Crippen molar-refractivity contribution in [2.75, 3.05) is 6.54 Å². The third-order valence-corrected chi connectivity index (χ3v) is 5.56. The van der Waals surface area contributed by atoms with Crippen LogP contribution in [0.3, 0.4) is 0 Å². The highest BCUT2D eigenvalue weighted by Gasteiger charge is 2.37. The fraction of sp³-hybridized carbons (Fsp3) is 0.350. The number of carbonyl (C=O) groups is 1. The molecule has 0 bridgehead atoms. The first kappa shape index (κ1) is 21.6. The Bertz CT molecular complexity index is 869. The van der Waals surface area contributed by atoms with Gasteiger partial charge in [-0.05, 0) is 48.6 Å². The molecule has 0 radical (unpaired) electrons. The lowest BCUT2D eigenvalue weighted by Gasteiger charge is -2.26. The lowest BCUT2D eigenvalue weighted by molar-refractivity contribution is -0.118. The number of likely N-dealkylation sites (tertiary alicyclic amines) is 1. The van der Waals surface area contributed by atoms with Crippen LogP contribution in [0.5, 0.6) is 0 Å². The van der Waals surface area contributed by atoms with Crippen LogP contribution in [0.15, 0.2) is 36.4 Å². The van der Waals surface area contributed by atoms with Crippen LogP contribution in [0, 0.1) is 18.6 Å². The monoisotopic (exact) mass is 430 g/mol. The zero-order valence-corrected chi connectivity index (χ0v) is 16.3. The third-order valence-electron chi connectivity index (χ3n) is 4.91. The predicted molar refractivity (Wildman–Crippen MR) is 102 cm³/mol. The molecular formula is C20H19F5N2OS. The topological polar surface area (TPSA) is 32.3 Å². The van der Waals surface area contributed by atoms with Crippen LogP contribution in [0.25, 0.3) is 11.1 Å². The number of benzene rings is 2. The lowest BCUT2D eigenvalue weighted by Crippen LogP contribution is -2.42. The highest BCUT2D eigenvalue weighted by molar-refractivity contribution is 7.98. The van der Waals surface area contributed by atoms with Gasteiger partial charge < -0.3 is 4.90 Å². The Hall–Kier alpha value is -2.13. The number of aryl methyl sites for hydroxylation is 1. The molecule has 0 spiro atoms. The largest absolute Gasteiger partial charge is 0.456 e. The van der Waals surface area contributed by atoms with E-state index in [-0.39, 0.29) is 36.0 Å². The number of rotatable bonds is 6. The summed E-state index contributed by atoms with van der Waals surface area (Å²) in [6, 6.07) is 7.62. The number of hydrogen-bond acceptors (Lipinski definition) is 3. The van der Waals surface area contributed by atoms with Crippen LogP contribution < -0.4 is 4.72 Å². The maximum atomic E-state index is 15.2. The molecule has 1 saturated heterocycles. The normalized spacial score (nSPS) is 19.6. The first-order chi connectivity index (χ1) is 13.7. The van der Waals surface area contributed by atoms with Crippen LogP contribution in [-0.2, 0) is 11.2 Å². The first-order valence-corrected chi connectivity index (χ1v) is 9.76. The number of halogens is 5. The lowest BCUT2D eigenvalue weighted by atomic mass is 9.95. The van der Waals surface area contributed by atoms with E-state index < -0.39 is 29.2 Å². The highest BCUT2D eigenvalue weighted by atomic mass is 32.2. The van der Waals surface area contributed by atoms with E-state index in [1.54, 1.807) is 19.1 Å². The molecule has 0 aliphatic carbocycles. The summed E-state index contributed by atoms with van der Waals surface area (Å²) in [4.78, 5) is 12.7. The quantitative estimate of drug-likeness (QED) is 0.404. The van der Waals surface area contributed by atoms with E-state index in [4.69, 9.17) is 0 Å². The number of hydrogen-bond donors (Lipinski definition) is 1. The Morgan fingerprint density at radius 2 is 2.00 bits per heavy atom. The molecule has 0 saturated carbocycles. The van der Waals surface area contributed by atoms with Crippen molar-refractivity contribution in [1.29, 1.82) is 0 Å². The van der Waals surface area contributed by atoms with E-state index in [0.717, 1.165) is 0 Å². The van der Waals surface area contributed by atoms with Gasteiger partial charge in [0.05, 0.1) is 6.04 Å². The van der Waals surface area contributed by atoms with E-state index in [2.05, 4.69) is 4.72 Å². The zero-order chi connectivity index (χ0) is 21.2. The molecule has 156 valence electrons. The van der Waals surface area contributed by atoms with Gasteiger partial charge in [0.1, 0.15) is 11.6 Å². The summed E-state index contributed by atoms with van der Waals surface area (Å²) in [6.07, 6.45) is 0.946. The molecule has 1 amide bonds. The fourth-order valence-corrected chi connectivity index (χ4v) is 4.19. The van der Waals surface area contributed by atoms with Crippen LogP contribution in [-0.4, -0.2) is 35.4 Å². The predicted octanol–water partition coefficient (Wildman–Crippen LogP) is 4.84. The summed E-state index contributed by atoms with van der Waals surface area (Å²) in [7, 11) is 0. The van der Waals surface area contributed by atoms with Crippen molar-refractivity contribution in [3.63, 3.8) is 0 Å². The molecule has 2 aromatic rings. The molecule has 3 rings (SSSR count). The number of nitrogens with zero attached hydrogens (tertiary/aromatic N) is 1. The molecule has 2 atom stereocenters. The van der Waals surface area contributed by atoms with Crippen molar-refractivity contribution in [1.82, 2.24) is 9.62 Å². The average molecular weight is 430 g/mol. The summed E-state index contributed by atoms with van der Waals surface area (Å²) in [6.45, 7) is 1.98. The van der Waals surface area contributed by atoms with Gasteiger partial charge in [0.15, 0.2) is 0 Å². The molecule has 1 N–H and O–H groups in total. The minimum atomic E-state index is -4.46. The third kappa shape index (κ3) is 5.27. The summed E-state index contributed by atoms with van der Waals surface area (Å²) < 4.78 is 68.9. The van der Waals surface area contributed by atoms with Crippen LogP contribution >= 0.6 is 11.9 Å². The van der Waals surface area contributed by atoms with Gasteiger partial charge in [-0.15, -0.1) is 0 Å². The molecule has 0 aromatic heterocycles. The van der Waals surface area contributed by atoms with Crippen molar-refractivity contribution in [2.24, 2.45) is 0 Å². The Morgan fingerprint density at radius 3 is 2.66 bits per heavy atom. The average Bonchev–Trinajstić information content (AvgIpc) is 3.02. The summed E-state index contributed by atoms with van der Waals surface area (Å²) in [5.74, 6) is -1.06. The minimum Gasteiger partial charge on any atom is -0.340 e. The fourth-order valence-electron chi connectivity index (χ4n) is 3.63. The second-order valence-corrected chi connectivity index (χ2v) is 7.87. The smallest absolute Gasteiger partial charge is 0.340 e. The van der Waals surface area contributed by atoms with E-state index in [9.17, 15) is 22.4 Å². The molecule has 2 unspecified atom stereocenters. The van der Waals surface area contributed by atoms with Crippen molar-refractivity contribution >= 4 is 18.4 Å². The van der Waals surface area contributed by atoms with Crippen molar-refractivity contribution in [3.05, 3.63) is 59.2 Å². The second-order valence-electron chi connectivity index (χ2n) is 6.97. The minimum absolute atomic E-state index is 0.0444. The van der Waals surface area contributed by atoms with Crippen molar-refractivity contribution < 1.29 is 26.7 Å². The van der Waals surface area contributed by atoms with Gasteiger partial charge >= 0.3 is 5.51 Å². The molecule has 2 aromatic carbocycles. The number of amides is 1. The summed E-state index contributed by atoms with van der Waals surface area (Å²) >= 11 is -0.363. The molecular weight excluding hydrogens is 411 g/mol. The summed E-state index contributed by atoms with van der Waals surface area (Å²) in [5, 5.41) is 0. The van der Waals surface area contributed by atoms with Gasteiger partial charge in [-0.25, -0.2) is 8.78 Å². The van der Waals surface area contributed by atoms with Crippen molar-refractivity contribution in [3.8, 4) is 11.1 Å². The molecule has 1 aliphatic heterocycles. The standard InChI is InChI=1S/C20H19F5N2OS/c1-12-7-14(9-15(21)8-12)16-4-2-3-13(19(16)22)10-18-17(5-6-27(18)11-28)26-29-20(23,24)25/h2-4,7-9,11,17-18,26H,5-6,10H2,1H3. The number of nitrogens with one attached hydrogen (secondary N) is 1. The number of alkyl halides is 3. The Labute approximate surface area is 169 Å². The van der Waals surface area contributed by atoms with E-state index >= 15 is 4.39 Å². The first-order valence-electron chi connectivity index (χ1n) is 8.94. The maximum Gasteiger partial charge on any atom is 0.456 e. The van der Waals surface area contributed by atoms with Gasteiger partial charge in [-0.1, -0.05) is 24.3 Å². The van der Waals surface area contributed by atoms with Gasteiger partial charge in [0.2, 0.25) is 6.41 Å². The Balaban J connectivity index is 1.87. The molecule has 1 fully saturated rings. The zero-order valence-electron chi connectivity index (χ0n) is 15.5. The Kier molecular flexibility index (Phi) is 6.48. The molecule has 9 heteroatoms. The van der Waals surface area contributed by atoms with E-state index in [0.29, 0.717) is 24.0 Å². The maximum absolute atomic E-state index is 15.2. The van der Waals surface area contributed by atoms with Crippen LogP contribution in [0.4, 0.5) is 22.0 Å². The number of carbonyl (C=O) groups excluding carboxylic acids is 1. The molecule has 1 aliphatic rings. The molecule has 1 heterocycles. The highest BCUT2D eigenvalue weighted by Crippen LogP contribution is 2.32. The van der Waals surface area contributed by atoms with Gasteiger partial charge in [0.25, 0.3) is 0 Å². The van der Waals surface area contributed by atoms with Crippen LogP contribution in [0.2, 0.25) is 0 Å². The Morgan fingerprint density at radius 1 is 1.24 bits per heavy atom. The molecule has 3 nitrogen and oxygen atoms in total. The summed E-state index contributed by atoms with van der Waals surface area (Å²) in [5.41, 5.74) is -2.98. The van der Waals surface area contributed by atoms with E-state index in [1.165, 1.54) is 29.2 Å². The second kappa shape index (κ2) is 8.71. The van der Waals surface area contributed by atoms with Gasteiger partial charge in [-0.2, -0.15) is 13.2 Å².